The summed E-state index contributed by atoms with van der Waals surface area (Å²) in [4.78, 5) is 4.36. The number of furan rings is 2. The lowest BCUT2D eigenvalue weighted by atomic mass is 9.79. The van der Waals surface area contributed by atoms with Gasteiger partial charge in [0.15, 0.2) is 0 Å². The van der Waals surface area contributed by atoms with Crippen molar-refractivity contribution in [2.75, 3.05) is 0 Å². The number of rotatable bonds is 6. The number of pyridine rings is 1. The van der Waals surface area contributed by atoms with Gasteiger partial charge in [0, 0.05) is 55.7 Å². The van der Waals surface area contributed by atoms with Gasteiger partial charge in [-0.15, -0.1) is 0 Å². The summed E-state index contributed by atoms with van der Waals surface area (Å²) in [7, 11) is 0. The molecule has 0 saturated carbocycles. The second-order valence-corrected chi connectivity index (χ2v) is 22.6. The smallest absolute Gasteiger partial charge is 0.143 e. The number of hydrogen-bond acceptors (Lipinski definition) is 3. The number of hydrogen-bond donors (Lipinski definition) is 0. The molecule has 74 heavy (non-hydrogen) atoms. The summed E-state index contributed by atoms with van der Waals surface area (Å²) in [5.41, 5.74) is 28.8. The number of aromatic nitrogens is 1. The predicted octanol–water partition coefficient (Wildman–Crippen LogP) is 18.9. The van der Waals surface area contributed by atoms with Gasteiger partial charge in [0.1, 0.15) is 22.3 Å². The van der Waals surface area contributed by atoms with Crippen molar-refractivity contribution in [1.29, 1.82) is 0 Å². The SMILES string of the molecule is CC1(C)c2cc(C/C(=C/c3ccc4c(c3)C(C)(C)c3cc(-c5ccncc5)c5oc6ccccc6c5c3-4)c3ccccc3-c3ccccc3)ccc2-c2cc3c(cc21)-c1c(ccc2oc4ccccc4c12)C3(C)C. The summed E-state index contributed by atoms with van der Waals surface area (Å²) >= 11 is 0. The summed E-state index contributed by atoms with van der Waals surface area (Å²) < 4.78 is 13.2. The van der Waals surface area contributed by atoms with Gasteiger partial charge in [0.05, 0.1) is 0 Å². The molecule has 354 valence electrons. The van der Waals surface area contributed by atoms with Crippen molar-refractivity contribution >= 4 is 55.5 Å². The lowest BCUT2D eigenvalue weighted by molar-refractivity contribution is 0.650. The molecule has 0 aliphatic heterocycles. The van der Waals surface area contributed by atoms with E-state index in [1.54, 1.807) is 0 Å². The maximum atomic E-state index is 6.77. The largest absolute Gasteiger partial charge is 0.456 e. The van der Waals surface area contributed by atoms with Gasteiger partial charge in [0.25, 0.3) is 0 Å². The summed E-state index contributed by atoms with van der Waals surface area (Å²) in [5, 5.41) is 4.74. The molecule has 12 aromatic rings. The van der Waals surface area contributed by atoms with Crippen LogP contribution in [0.1, 0.15) is 91.6 Å². The topological polar surface area (TPSA) is 39.2 Å². The van der Waals surface area contributed by atoms with Crippen molar-refractivity contribution in [2.24, 2.45) is 0 Å². The second kappa shape index (κ2) is 15.3. The fourth-order valence-corrected chi connectivity index (χ4v) is 13.7. The average molecular weight is 952 g/mol. The molecule has 0 radical (unpaired) electrons. The summed E-state index contributed by atoms with van der Waals surface area (Å²) in [5.74, 6) is 0. The van der Waals surface area contributed by atoms with Gasteiger partial charge >= 0.3 is 0 Å². The molecule has 9 aromatic carbocycles. The molecule has 3 aliphatic carbocycles. The zero-order valence-corrected chi connectivity index (χ0v) is 42.5. The van der Waals surface area contributed by atoms with Gasteiger partial charge in [-0.2, -0.15) is 0 Å². The Morgan fingerprint density at radius 2 is 1.01 bits per heavy atom. The van der Waals surface area contributed by atoms with E-state index in [1.807, 2.05) is 12.4 Å². The van der Waals surface area contributed by atoms with Crippen LogP contribution in [0.15, 0.2) is 203 Å². The molecule has 0 amide bonds. The molecule has 3 nitrogen and oxygen atoms in total. The van der Waals surface area contributed by atoms with E-state index in [4.69, 9.17) is 8.83 Å². The van der Waals surface area contributed by atoms with Crippen LogP contribution in [0.4, 0.5) is 0 Å². The van der Waals surface area contributed by atoms with Crippen LogP contribution in [0.3, 0.4) is 0 Å². The summed E-state index contributed by atoms with van der Waals surface area (Å²) in [6.07, 6.45) is 6.97. The van der Waals surface area contributed by atoms with Gasteiger partial charge in [0.2, 0.25) is 0 Å². The minimum Gasteiger partial charge on any atom is -0.456 e. The first kappa shape index (κ1) is 43.1. The standard InChI is InChI=1S/C71H53NO2/c1-69(2)55-28-29-63-66(50-20-12-14-22-61(50)73-63)65(55)54-40-58-53(39-59(54)69)48-26-24-41(36-56(48)70(58,3)4)34-45(47-19-11-10-18-46(47)43-16-8-7-9-17-43)35-42-25-27-49-57(37-42)71(5,6)60-38-52(44-30-32-72-33-31-44)68-67(64(49)60)51-21-13-15-23-62(51)74-68/h7-33,35-40H,34H2,1-6H3/b45-35-. The van der Waals surface area contributed by atoms with Gasteiger partial charge in [-0.3, -0.25) is 4.98 Å². The molecule has 0 fully saturated rings. The molecule has 3 heteroatoms. The quantitative estimate of drug-likeness (QED) is 0.156. The van der Waals surface area contributed by atoms with Crippen molar-refractivity contribution in [3.63, 3.8) is 0 Å². The Morgan fingerprint density at radius 1 is 0.419 bits per heavy atom. The van der Waals surface area contributed by atoms with Crippen molar-refractivity contribution in [1.82, 2.24) is 4.98 Å². The highest BCUT2D eigenvalue weighted by atomic mass is 16.3. The van der Waals surface area contributed by atoms with Crippen molar-refractivity contribution in [3.8, 4) is 55.6 Å². The Balaban J connectivity index is 0.865. The van der Waals surface area contributed by atoms with E-state index < -0.39 is 0 Å². The maximum Gasteiger partial charge on any atom is 0.143 e. The highest BCUT2D eigenvalue weighted by Crippen LogP contribution is 2.59. The Kier molecular flexibility index (Phi) is 8.88. The highest BCUT2D eigenvalue weighted by molar-refractivity contribution is 6.19. The lowest BCUT2D eigenvalue weighted by Crippen LogP contribution is -2.17. The van der Waals surface area contributed by atoms with Crippen LogP contribution in [-0.4, -0.2) is 4.98 Å². The molecular formula is C71H53NO2. The number of allylic oxidation sites excluding steroid dienone is 1. The number of fused-ring (bicyclic) bond motifs is 17. The van der Waals surface area contributed by atoms with Crippen LogP contribution in [0, 0.1) is 0 Å². The zero-order chi connectivity index (χ0) is 49.8. The molecule has 0 spiro atoms. The number of nitrogens with zero attached hydrogens (tertiary/aromatic N) is 1. The fraction of sp³-hybridized carbons (Fsp3) is 0.141. The van der Waals surface area contributed by atoms with Crippen molar-refractivity contribution < 1.29 is 8.83 Å². The summed E-state index contributed by atoms with van der Waals surface area (Å²) in [6, 6.07) is 67.4. The Morgan fingerprint density at radius 3 is 1.82 bits per heavy atom. The summed E-state index contributed by atoms with van der Waals surface area (Å²) in [6.45, 7) is 14.4. The number of para-hydroxylation sites is 2. The molecule has 0 bridgehead atoms. The monoisotopic (exact) mass is 951 g/mol. The van der Waals surface area contributed by atoms with Crippen LogP contribution in [0.5, 0.6) is 0 Å². The fourth-order valence-electron chi connectivity index (χ4n) is 13.7. The first-order valence-electron chi connectivity index (χ1n) is 26.1. The first-order valence-corrected chi connectivity index (χ1v) is 26.1. The van der Waals surface area contributed by atoms with E-state index in [2.05, 4.69) is 235 Å². The van der Waals surface area contributed by atoms with Crippen LogP contribution < -0.4 is 0 Å². The van der Waals surface area contributed by atoms with Crippen LogP contribution in [0.2, 0.25) is 0 Å². The van der Waals surface area contributed by atoms with Crippen molar-refractivity contribution in [2.45, 2.75) is 64.2 Å². The van der Waals surface area contributed by atoms with Gasteiger partial charge < -0.3 is 8.83 Å². The van der Waals surface area contributed by atoms with Crippen LogP contribution >= 0.6 is 0 Å². The van der Waals surface area contributed by atoms with E-state index in [0.717, 1.165) is 45.3 Å². The molecule has 0 saturated heterocycles. The van der Waals surface area contributed by atoms with E-state index >= 15 is 0 Å². The molecule has 0 atom stereocenters. The molecule has 0 unspecified atom stereocenters. The van der Waals surface area contributed by atoms with E-state index in [1.165, 1.54) is 116 Å². The molecule has 0 N–H and O–H groups in total. The Labute approximate surface area is 431 Å². The Bertz CT molecular complexity index is 4400. The average Bonchev–Trinajstić information content (AvgIpc) is 4.18. The van der Waals surface area contributed by atoms with Crippen LogP contribution in [-0.2, 0) is 22.7 Å². The van der Waals surface area contributed by atoms with Gasteiger partial charge in [-0.25, -0.2) is 0 Å². The minimum absolute atomic E-state index is 0.163. The third-order valence-corrected chi connectivity index (χ3v) is 17.4. The molecular weight excluding hydrogens is 899 g/mol. The zero-order valence-electron chi connectivity index (χ0n) is 42.5. The highest BCUT2D eigenvalue weighted by Gasteiger charge is 2.43. The van der Waals surface area contributed by atoms with E-state index in [-0.39, 0.29) is 16.2 Å². The van der Waals surface area contributed by atoms with Gasteiger partial charge in [-0.1, -0.05) is 181 Å². The van der Waals surface area contributed by atoms with E-state index in [9.17, 15) is 0 Å². The molecule has 3 aromatic heterocycles. The normalized spacial score (nSPS) is 15.4. The molecule has 3 heterocycles. The van der Waals surface area contributed by atoms with Crippen molar-refractivity contribution in [3.05, 3.63) is 244 Å². The molecule has 3 aliphatic rings. The third kappa shape index (κ3) is 5.98. The lowest BCUT2D eigenvalue weighted by Gasteiger charge is -2.24. The minimum atomic E-state index is -0.276. The second-order valence-electron chi connectivity index (χ2n) is 22.6. The third-order valence-electron chi connectivity index (χ3n) is 17.4. The molecule has 15 rings (SSSR count). The van der Waals surface area contributed by atoms with E-state index in [0.29, 0.717) is 0 Å². The van der Waals surface area contributed by atoms with Gasteiger partial charge in [-0.05, 0) is 161 Å². The first-order chi connectivity index (χ1) is 35.9. The van der Waals surface area contributed by atoms with Crippen LogP contribution in [0.25, 0.3) is 111 Å². The number of benzene rings is 9. The Hall–Kier alpha value is -8.53. The predicted molar refractivity (Wildman–Crippen MR) is 307 cm³/mol. The maximum absolute atomic E-state index is 6.77.